The third-order valence-electron chi connectivity index (χ3n) is 3.58. The van der Waals surface area contributed by atoms with Gasteiger partial charge >= 0.3 is 0 Å². The Hall–Kier alpha value is -1.42. The average molecular weight is 279 g/mol. The first-order valence-electron chi connectivity index (χ1n) is 6.26. The zero-order valence-corrected chi connectivity index (χ0v) is 11.4. The molecule has 0 aromatic heterocycles. The highest BCUT2D eigenvalue weighted by molar-refractivity contribution is 7.89. The van der Waals surface area contributed by atoms with Crippen molar-refractivity contribution >= 4 is 10.0 Å². The number of nitrogens with two attached hydrogens (primary N) is 1. The van der Waals surface area contributed by atoms with Gasteiger partial charge in [0.1, 0.15) is 0 Å². The van der Waals surface area contributed by atoms with E-state index < -0.39 is 15.6 Å². The first-order chi connectivity index (χ1) is 9.01. The van der Waals surface area contributed by atoms with Crippen LogP contribution in [0.2, 0.25) is 0 Å². The van der Waals surface area contributed by atoms with Crippen LogP contribution in [0.3, 0.4) is 0 Å². The second-order valence-electron chi connectivity index (χ2n) is 4.94. The van der Waals surface area contributed by atoms with Crippen LogP contribution in [0.5, 0.6) is 0 Å². The minimum absolute atomic E-state index is 0.117. The molecule has 2 rings (SSSR count). The number of nitriles is 1. The largest absolute Gasteiger partial charge is 0.329 e. The van der Waals surface area contributed by atoms with Gasteiger partial charge in [0, 0.05) is 12.1 Å². The van der Waals surface area contributed by atoms with Gasteiger partial charge in [-0.15, -0.1) is 0 Å². The van der Waals surface area contributed by atoms with Gasteiger partial charge in [0.25, 0.3) is 0 Å². The molecule has 0 unspecified atom stereocenters. The van der Waals surface area contributed by atoms with Crippen molar-refractivity contribution in [2.24, 2.45) is 5.73 Å². The molecule has 1 aromatic carbocycles. The first-order valence-corrected chi connectivity index (χ1v) is 7.74. The molecule has 1 aliphatic carbocycles. The average Bonchev–Trinajstić information content (AvgIpc) is 2.87. The van der Waals surface area contributed by atoms with Crippen molar-refractivity contribution in [3.8, 4) is 6.07 Å². The molecule has 0 radical (unpaired) electrons. The van der Waals surface area contributed by atoms with Gasteiger partial charge in [-0.05, 0) is 31.0 Å². The molecule has 0 heterocycles. The van der Waals surface area contributed by atoms with Gasteiger partial charge in [0.15, 0.2) is 0 Å². The quantitative estimate of drug-likeness (QED) is 0.862. The lowest BCUT2D eigenvalue weighted by Gasteiger charge is -2.28. The predicted molar refractivity (Wildman–Crippen MR) is 71.7 cm³/mol. The highest BCUT2D eigenvalue weighted by atomic mass is 32.2. The van der Waals surface area contributed by atoms with E-state index in [0.717, 1.165) is 25.7 Å². The Labute approximate surface area is 113 Å². The fourth-order valence-corrected chi connectivity index (χ4v) is 3.99. The molecule has 0 bridgehead atoms. The van der Waals surface area contributed by atoms with Crippen LogP contribution in [0, 0.1) is 11.3 Å². The molecule has 0 atom stereocenters. The highest BCUT2D eigenvalue weighted by Gasteiger charge is 2.36. The van der Waals surface area contributed by atoms with Crippen LogP contribution in [-0.4, -0.2) is 20.5 Å². The fourth-order valence-electron chi connectivity index (χ4n) is 2.48. The number of nitrogens with zero attached hydrogens (tertiary/aromatic N) is 1. The summed E-state index contributed by atoms with van der Waals surface area (Å²) < 4.78 is 27.4. The van der Waals surface area contributed by atoms with Crippen molar-refractivity contribution in [2.75, 3.05) is 6.54 Å². The van der Waals surface area contributed by atoms with E-state index in [9.17, 15) is 8.42 Å². The van der Waals surface area contributed by atoms with Crippen LogP contribution in [0.4, 0.5) is 0 Å². The van der Waals surface area contributed by atoms with Gasteiger partial charge in [0.2, 0.25) is 10.0 Å². The first kappa shape index (κ1) is 14.0. The van der Waals surface area contributed by atoms with Gasteiger partial charge in [-0.3, -0.25) is 0 Å². The van der Waals surface area contributed by atoms with Crippen LogP contribution in [0.1, 0.15) is 31.2 Å². The molecule has 0 amide bonds. The maximum atomic E-state index is 12.3. The normalized spacial score (nSPS) is 18.1. The van der Waals surface area contributed by atoms with Crippen LogP contribution in [0.25, 0.3) is 0 Å². The summed E-state index contributed by atoms with van der Waals surface area (Å²) in [6, 6.07) is 7.95. The van der Waals surface area contributed by atoms with Gasteiger partial charge in [-0.2, -0.15) is 5.26 Å². The number of rotatable bonds is 4. The van der Waals surface area contributed by atoms with Gasteiger partial charge in [-0.25, -0.2) is 13.1 Å². The Morgan fingerprint density at radius 3 is 2.63 bits per heavy atom. The van der Waals surface area contributed by atoms with Crippen molar-refractivity contribution in [1.29, 1.82) is 5.26 Å². The SMILES string of the molecule is N#Cc1cccc(S(=O)(=O)NC2(CN)CCCC2)c1. The molecule has 0 saturated heterocycles. The van der Waals surface area contributed by atoms with Crippen LogP contribution < -0.4 is 10.5 Å². The molecule has 3 N–H and O–H groups in total. The maximum absolute atomic E-state index is 12.3. The second kappa shape index (κ2) is 5.29. The lowest BCUT2D eigenvalue weighted by atomic mass is 10.0. The van der Waals surface area contributed by atoms with Gasteiger partial charge in [0.05, 0.1) is 16.5 Å². The number of nitrogens with one attached hydrogen (secondary N) is 1. The van der Waals surface area contributed by atoms with E-state index in [1.807, 2.05) is 6.07 Å². The number of hydrogen-bond donors (Lipinski definition) is 2. The summed E-state index contributed by atoms with van der Waals surface area (Å²) in [4.78, 5) is 0.117. The molecule has 1 aromatic rings. The molecular formula is C13H17N3O2S. The molecule has 1 saturated carbocycles. The second-order valence-corrected chi connectivity index (χ2v) is 6.62. The van der Waals surface area contributed by atoms with E-state index in [2.05, 4.69) is 4.72 Å². The fraction of sp³-hybridized carbons (Fsp3) is 0.462. The summed E-state index contributed by atoms with van der Waals surface area (Å²) in [5.74, 6) is 0. The Balaban J connectivity index is 2.30. The van der Waals surface area contributed by atoms with E-state index >= 15 is 0 Å². The topological polar surface area (TPSA) is 96.0 Å². The summed E-state index contributed by atoms with van der Waals surface area (Å²) in [6.07, 6.45) is 3.50. The van der Waals surface area contributed by atoms with Crippen molar-refractivity contribution in [2.45, 2.75) is 36.1 Å². The zero-order chi connectivity index (χ0) is 13.9. The standard InChI is InChI=1S/C13H17N3O2S/c14-9-11-4-3-5-12(8-11)19(17,18)16-13(10-15)6-1-2-7-13/h3-5,8,16H,1-2,6-7,10,15H2. The molecule has 6 heteroatoms. The predicted octanol–water partition coefficient (Wildman–Crippen LogP) is 1.11. The van der Waals surface area contributed by atoms with Crippen molar-refractivity contribution in [3.63, 3.8) is 0 Å². The molecule has 19 heavy (non-hydrogen) atoms. The highest BCUT2D eigenvalue weighted by Crippen LogP contribution is 2.30. The third kappa shape index (κ3) is 2.95. The number of sulfonamides is 1. The lowest BCUT2D eigenvalue weighted by Crippen LogP contribution is -2.51. The smallest absolute Gasteiger partial charge is 0.241 e. The van der Waals surface area contributed by atoms with E-state index in [1.54, 1.807) is 12.1 Å². The van der Waals surface area contributed by atoms with Gasteiger partial charge in [-0.1, -0.05) is 18.9 Å². The van der Waals surface area contributed by atoms with Crippen LogP contribution in [-0.2, 0) is 10.0 Å². The number of benzene rings is 1. The lowest BCUT2D eigenvalue weighted by molar-refractivity contribution is 0.399. The molecule has 5 nitrogen and oxygen atoms in total. The maximum Gasteiger partial charge on any atom is 0.241 e. The van der Waals surface area contributed by atoms with Gasteiger partial charge < -0.3 is 5.73 Å². The molecule has 0 aliphatic heterocycles. The Morgan fingerprint density at radius 1 is 1.37 bits per heavy atom. The van der Waals surface area contributed by atoms with Crippen molar-refractivity contribution in [3.05, 3.63) is 29.8 Å². The molecule has 1 fully saturated rings. The van der Waals surface area contributed by atoms with E-state index in [0.29, 0.717) is 12.1 Å². The summed E-state index contributed by atoms with van der Waals surface area (Å²) in [5, 5.41) is 8.82. The van der Waals surface area contributed by atoms with Crippen molar-refractivity contribution in [1.82, 2.24) is 4.72 Å². The van der Waals surface area contributed by atoms with Crippen LogP contribution >= 0.6 is 0 Å². The monoisotopic (exact) mass is 279 g/mol. The zero-order valence-electron chi connectivity index (χ0n) is 10.6. The minimum Gasteiger partial charge on any atom is -0.329 e. The summed E-state index contributed by atoms with van der Waals surface area (Å²) in [6.45, 7) is 0.296. The Bertz CT molecular complexity index is 599. The third-order valence-corrected chi connectivity index (χ3v) is 5.15. The molecule has 0 spiro atoms. The minimum atomic E-state index is -3.63. The van der Waals surface area contributed by atoms with Crippen LogP contribution in [0.15, 0.2) is 29.2 Å². The molecule has 1 aliphatic rings. The Morgan fingerprint density at radius 2 is 2.05 bits per heavy atom. The van der Waals surface area contributed by atoms with Crippen molar-refractivity contribution < 1.29 is 8.42 Å². The van der Waals surface area contributed by atoms with E-state index in [1.165, 1.54) is 12.1 Å². The number of hydrogen-bond acceptors (Lipinski definition) is 4. The van der Waals surface area contributed by atoms with E-state index in [-0.39, 0.29) is 4.90 Å². The van der Waals surface area contributed by atoms with E-state index in [4.69, 9.17) is 11.0 Å². The summed E-state index contributed by atoms with van der Waals surface area (Å²) in [5.41, 5.74) is 5.53. The Kier molecular flexibility index (Phi) is 3.90. The summed E-state index contributed by atoms with van der Waals surface area (Å²) >= 11 is 0. The summed E-state index contributed by atoms with van der Waals surface area (Å²) in [7, 11) is -3.63. The molecule has 102 valence electrons. The molecular weight excluding hydrogens is 262 g/mol.